The van der Waals surface area contributed by atoms with Crippen molar-refractivity contribution in [2.75, 3.05) is 25.5 Å². The molecule has 0 unspecified atom stereocenters. The van der Waals surface area contributed by atoms with Crippen LogP contribution in [0.4, 0.5) is 10.5 Å². The number of rotatable bonds is 5. The van der Waals surface area contributed by atoms with E-state index in [9.17, 15) is 9.59 Å². The van der Waals surface area contributed by atoms with Gasteiger partial charge in [0.25, 0.3) is 5.91 Å². The number of hydrogen-bond donors (Lipinski definition) is 2. The summed E-state index contributed by atoms with van der Waals surface area (Å²) in [6.45, 7) is 6.88. The molecule has 0 saturated carbocycles. The zero-order chi connectivity index (χ0) is 23.6. The third-order valence-corrected chi connectivity index (χ3v) is 5.70. The smallest absolute Gasteiger partial charge is 0.407 e. The summed E-state index contributed by atoms with van der Waals surface area (Å²) in [6.07, 6.45) is 0.188. The molecule has 2 aliphatic rings. The quantitative estimate of drug-likeness (QED) is 0.716. The van der Waals surface area contributed by atoms with Crippen molar-refractivity contribution in [2.45, 2.75) is 51.5 Å². The second-order valence-corrected chi connectivity index (χ2v) is 9.39. The van der Waals surface area contributed by atoms with Crippen molar-refractivity contribution in [3.05, 3.63) is 53.6 Å². The standard InChI is InChI=1S/C25H31N3O5/c1-25(2,3)33-24(30)27-17-10-18-13-26-20-12-22(32-15-16-8-6-5-7-9-16)21(31-4)11-19(20)23(29)28(18)14-17/h5-9,11-12,17-18,26H,10,13-15H2,1-4H3,(H,27,30)/t17-,18+/m1/s1. The van der Waals surface area contributed by atoms with Gasteiger partial charge in [0.15, 0.2) is 11.5 Å². The van der Waals surface area contributed by atoms with E-state index in [1.54, 1.807) is 13.2 Å². The summed E-state index contributed by atoms with van der Waals surface area (Å²) in [6, 6.07) is 13.2. The highest BCUT2D eigenvalue weighted by Crippen LogP contribution is 2.37. The van der Waals surface area contributed by atoms with Gasteiger partial charge in [0, 0.05) is 19.2 Å². The number of ether oxygens (including phenoxy) is 3. The number of benzene rings is 2. The van der Waals surface area contributed by atoms with Gasteiger partial charge in [0.2, 0.25) is 0 Å². The molecule has 176 valence electrons. The zero-order valence-corrected chi connectivity index (χ0v) is 19.5. The van der Waals surface area contributed by atoms with Crippen molar-refractivity contribution in [1.29, 1.82) is 0 Å². The SMILES string of the molecule is COc1cc2c(cc1OCc1ccccc1)NC[C@@H]1C[C@@H](NC(=O)OC(C)(C)C)CN1C2=O. The van der Waals surface area contributed by atoms with E-state index in [0.717, 1.165) is 11.3 Å². The van der Waals surface area contributed by atoms with Crippen LogP contribution in [0.1, 0.15) is 43.1 Å². The average Bonchev–Trinajstić information content (AvgIpc) is 3.12. The molecular weight excluding hydrogens is 422 g/mol. The molecule has 2 amide bonds. The van der Waals surface area contributed by atoms with Crippen molar-refractivity contribution < 1.29 is 23.8 Å². The van der Waals surface area contributed by atoms with Crippen molar-refractivity contribution in [3.8, 4) is 11.5 Å². The third-order valence-electron chi connectivity index (χ3n) is 5.70. The van der Waals surface area contributed by atoms with Crippen LogP contribution in [0.5, 0.6) is 11.5 Å². The first-order chi connectivity index (χ1) is 15.7. The molecule has 0 radical (unpaired) electrons. The molecule has 0 bridgehead atoms. The predicted molar refractivity (Wildman–Crippen MR) is 125 cm³/mol. The molecule has 0 aromatic heterocycles. The summed E-state index contributed by atoms with van der Waals surface area (Å²) in [4.78, 5) is 27.4. The first-order valence-electron chi connectivity index (χ1n) is 11.2. The molecular formula is C25H31N3O5. The fourth-order valence-electron chi connectivity index (χ4n) is 4.21. The lowest BCUT2D eigenvalue weighted by Crippen LogP contribution is -2.41. The minimum Gasteiger partial charge on any atom is -0.493 e. The van der Waals surface area contributed by atoms with E-state index in [4.69, 9.17) is 14.2 Å². The molecule has 0 spiro atoms. The first kappa shape index (κ1) is 22.8. The van der Waals surface area contributed by atoms with E-state index in [1.165, 1.54) is 0 Å². The summed E-state index contributed by atoms with van der Waals surface area (Å²) in [7, 11) is 1.56. The van der Waals surface area contributed by atoms with Crippen LogP contribution in [0, 0.1) is 0 Å². The summed E-state index contributed by atoms with van der Waals surface area (Å²) >= 11 is 0. The number of nitrogens with zero attached hydrogens (tertiary/aromatic N) is 1. The lowest BCUT2D eigenvalue weighted by Gasteiger charge is -2.22. The van der Waals surface area contributed by atoms with Crippen molar-refractivity contribution in [3.63, 3.8) is 0 Å². The van der Waals surface area contributed by atoms with E-state index < -0.39 is 11.7 Å². The number of fused-ring (bicyclic) bond motifs is 2. The number of amides is 2. The van der Waals surface area contributed by atoms with Crippen LogP contribution in [-0.2, 0) is 11.3 Å². The number of alkyl carbamates (subject to hydrolysis) is 1. The summed E-state index contributed by atoms with van der Waals surface area (Å²) in [5.74, 6) is 0.981. The Hall–Kier alpha value is -3.42. The van der Waals surface area contributed by atoms with Gasteiger partial charge in [-0.05, 0) is 38.8 Å². The van der Waals surface area contributed by atoms with E-state index in [0.29, 0.717) is 43.2 Å². The maximum atomic E-state index is 13.4. The second-order valence-electron chi connectivity index (χ2n) is 9.39. The molecule has 2 aliphatic heterocycles. The minimum atomic E-state index is -0.569. The zero-order valence-electron chi connectivity index (χ0n) is 19.5. The van der Waals surface area contributed by atoms with Gasteiger partial charge in [-0.2, -0.15) is 0 Å². The van der Waals surface area contributed by atoms with Gasteiger partial charge in [-0.25, -0.2) is 4.79 Å². The Balaban J connectivity index is 1.48. The highest BCUT2D eigenvalue weighted by Gasteiger charge is 2.39. The normalized spacial score (nSPS) is 19.6. The monoisotopic (exact) mass is 453 g/mol. The van der Waals surface area contributed by atoms with Crippen LogP contribution in [-0.4, -0.2) is 54.8 Å². The molecule has 33 heavy (non-hydrogen) atoms. The van der Waals surface area contributed by atoms with Gasteiger partial charge < -0.3 is 29.7 Å². The number of carbonyl (C=O) groups excluding carboxylic acids is 2. The van der Waals surface area contributed by atoms with E-state index in [1.807, 2.05) is 62.1 Å². The lowest BCUT2D eigenvalue weighted by molar-refractivity contribution is 0.0502. The molecule has 1 fully saturated rings. The highest BCUT2D eigenvalue weighted by molar-refractivity contribution is 6.01. The second kappa shape index (κ2) is 9.21. The maximum Gasteiger partial charge on any atom is 0.407 e. The minimum absolute atomic E-state index is 0.0375. The van der Waals surface area contributed by atoms with E-state index in [-0.39, 0.29) is 18.0 Å². The molecule has 2 heterocycles. The van der Waals surface area contributed by atoms with Gasteiger partial charge >= 0.3 is 6.09 Å². The van der Waals surface area contributed by atoms with Crippen LogP contribution < -0.4 is 20.1 Å². The molecule has 2 atom stereocenters. The Morgan fingerprint density at radius 3 is 2.64 bits per heavy atom. The van der Waals surface area contributed by atoms with Crippen LogP contribution in [0.15, 0.2) is 42.5 Å². The maximum absolute atomic E-state index is 13.4. The fraction of sp³-hybridized carbons (Fsp3) is 0.440. The predicted octanol–water partition coefficient (Wildman–Crippen LogP) is 3.81. The fourth-order valence-corrected chi connectivity index (χ4v) is 4.21. The van der Waals surface area contributed by atoms with Crippen molar-refractivity contribution in [2.24, 2.45) is 0 Å². The Morgan fingerprint density at radius 2 is 1.94 bits per heavy atom. The van der Waals surface area contributed by atoms with Gasteiger partial charge in [-0.15, -0.1) is 0 Å². The number of nitrogens with one attached hydrogen (secondary N) is 2. The topological polar surface area (TPSA) is 89.1 Å². The largest absolute Gasteiger partial charge is 0.493 e. The van der Waals surface area contributed by atoms with Gasteiger partial charge in [-0.3, -0.25) is 4.79 Å². The van der Waals surface area contributed by atoms with Crippen LogP contribution in [0.3, 0.4) is 0 Å². The number of hydrogen-bond acceptors (Lipinski definition) is 6. The average molecular weight is 454 g/mol. The lowest BCUT2D eigenvalue weighted by atomic mass is 10.1. The molecule has 0 aliphatic carbocycles. The Labute approximate surface area is 194 Å². The Kier molecular flexibility index (Phi) is 6.35. The molecule has 1 saturated heterocycles. The van der Waals surface area contributed by atoms with Gasteiger partial charge in [0.05, 0.1) is 30.4 Å². The van der Waals surface area contributed by atoms with Crippen LogP contribution in [0.2, 0.25) is 0 Å². The summed E-state index contributed by atoms with van der Waals surface area (Å²) in [5.41, 5.74) is 1.72. The number of anilines is 1. The van der Waals surface area contributed by atoms with E-state index >= 15 is 0 Å². The Bertz CT molecular complexity index is 1020. The molecule has 2 aromatic rings. The third kappa shape index (κ3) is 5.32. The van der Waals surface area contributed by atoms with Crippen molar-refractivity contribution in [1.82, 2.24) is 10.2 Å². The van der Waals surface area contributed by atoms with Crippen molar-refractivity contribution >= 4 is 17.7 Å². The first-order valence-corrected chi connectivity index (χ1v) is 11.2. The summed E-state index contributed by atoms with van der Waals surface area (Å²) in [5, 5.41) is 6.28. The van der Waals surface area contributed by atoms with Crippen LogP contribution >= 0.6 is 0 Å². The summed E-state index contributed by atoms with van der Waals surface area (Å²) < 4.78 is 16.9. The van der Waals surface area contributed by atoms with E-state index in [2.05, 4.69) is 10.6 Å². The van der Waals surface area contributed by atoms with Crippen LogP contribution in [0.25, 0.3) is 0 Å². The van der Waals surface area contributed by atoms with Gasteiger partial charge in [-0.1, -0.05) is 30.3 Å². The van der Waals surface area contributed by atoms with Gasteiger partial charge in [0.1, 0.15) is 12.2 Å². The molecule has 8 heteroatoms. The highest BCUT2D eigenvalue weighted by atomic mass is 16.6. The number of carbonyl (C=O) groups is 2. The molecule has 2 aromatic carbocycles. The molecule has 8 nitrogen and oxygen atoms in total. The molecule has 4 rings (SSSR count). The number of methoxy groups -OCH3 is 1. The molecule has 2 N–H and O–H groups in total. The Morgan fingerprint density at radius 1 is 1.18 bits per heavy atom.